The number of aromatic nitrogens is 1. The van der Waals surface area contributed by atoms with Crippen LogP contribution < -0.4 is 5.32 Å². The zero-order valence-electron chi connectivity index (χ0n) is 7.79. The van der Waals surface area contributed by atoms with Crippen LogP contribution in [0.15, 0.2) is 18.2 Å². The van der Waals surface area contributed by atoms with Gasteiger partial charge in [-0.1, -0.05) is 17.4 Å². The van der Waals surface area contributed by atoms with Crippen LogP contribution >= 0.6 is 11.3 Å². The third kappa shape index (κ3) is 1.65. The van der Waals surface area contributed by atoms with Crippen LogP contribution in [0, 0.1) is 6.92 Å². The Morgan fingerprint density at radius 1 is 1.46 bits per heavy atom. The van der Waals surface area contributed by atoms with Crippen LogP contribution in [-0.4, -0.2) is 11.5 Å². The SMILES string of the molecule is CCNc1nc2cc(C)ccc2s1. The normalized spacial score (nSPS) is 10.6. The van der Waals surface area contributed by atoms with Gasteiger partial charge in [-0.25, -0.2) is 4.98 Å². The molecular weight excluding hydrogens is 180 g/mol. The summed E-state index contributed by atoms with van der Waals surface area (Å²) in [5.41, 5.74) is 2.36. The van der Waals surface area contributed by atoms with E-state index in [0.29, 0.717) is 0 Å². The molecule has 1 aromatic carbocycles. The van der Waals surface area contributed by atoms with Crippen LogP contribution in [0.2, 0.25) is 0 Å². The van der Waals surface area contributed by atoms with E-state index < -0.39 is 0 Å². The van der Waals surface area contributed by atoms with E-state index in [1.807, 2.05) is 0 Å². The minimum absolute atomic E-state index is 0.929. The highest BCUT2D eigenvalue weighted by Crippen LogP contribution is 2.26. The summed E-state index contributed by atoms with van der Waals surface area (Å²) in [7, 11) is 0. The Hall–Kier alpha value is -1.09. The molecule has 0 bridgehead atoms. The molecule has 0 saturated heterocycles. The van der Waals surface area contributed by atoms with Gasteiger partial charge in [0.2, 0.25) is 0 Å². The fraction of sp³-hybridized carbons (Fsp3) is 0.300. The Balaban J connectivity index is 2.49. The molecule has 0 aliphatic rings. The van der Waals surface area contributed by atoms with E-state index >= 15 is 0 Å². The van der Waals surface area contributed by atoms with Crippen molar-refractivity contribution in [3.8, 4) is 0 Å². The number of aryl methyl sites for hydroxylation is 1. The maximum Gasteiger partial charge on any atom is 0.183 e. The van der Waals surface area contributed by atoms with Gasteiger partial charge in [-0.3, -0.25) is 0 Å². The van der Waals surface area contributed by atoms with Gasteiger partial charge in [0, 0.05) is 6.54 Å². The van der Waals surface area contributed by atoms with Crippen LogP contribution in [0.4, 0.5) is 5.13 Å². The molecule has 0 radical (unpaired) electrons. The molecular formula is C10H12N2S. The molecule has 2 aromatic rings. The molecule has 0 unspecified atom stereocenters. The zero-order valence-corrected chi connectivity index (χ0v) is 8.61. The van der Waals surface area contributed by atoms with Crippen molar-refractivity contribution in [2.75, 3.05) is 11.9 Å². The number of benzene rings is 1. The summed E-state index contributed by atoms with van der Waals surface area (Å²) in [6, 6.07) is 6.37. The predicted octanol–water partition coefficient (Wildman–Crippen LogP) is 3.04. The van der Waals surface area contributed by atoms with Crippen LogP contribution in [0.1, 0.15) is 12.5 Å². The molecule has 2 nitrogen and oxygen atoms in total. The van der Waals surface area contributed by atoms with Crippen molar-refractivity contribution >= 4 is 26.7 Å². The van der Waals surface area contributed by atoms with Gasteiger partial charge in [0.25, 0.3) is 0 Å². The van der Waals surface area contributed by atoms with Crippen LogP contribution in [0.3, 0.4) is 0 Å². The first-order chi connectivity index (χ1) is 6.29. The number of hydrogen-bond donors (Lipinski definition) is 1. The quantitative estimate of drug-likeness (QED) is 0.791. The Bertz CT molecular complexity index is 420. The summed E-state index contributed by atoms with van der Waals surface area (Å²) in [6.45, 7) is 5.10. The molecule has 2 rings (SSSR count). The van der Waals surface area contributed by atoms with Crippen molar-refractivity contribution in [2.45, 2.75) is 13.8 Å². The first kappa shape index (κ1) is 8.51. The van der Waals surface area contributed by atoms with E-state index in [9.17, 15) is 0 Å². The minimum atomic E-state index is 0.929. The summed E-state index contributed by atoms with van der Waals surface area (Å²) >= 11 is 1.71. The predicted molar refractivity (Wildman–Crippen MR) is 58.5 cm³/mol. The lowest BCUT2D eigenvalue weighted by Gasteiger charge is -1.92. The average Bonchev–Trinajstić information content (AvgIpc) is 2.46. The van der Waals surface area contributed by atoms with E-state index in [-0.39, 0.29) is 0 Å². The van der Waals surface area contributed by atoms with Crippen LogP contribution in [0.5, 0.6) is 0 Å². The largest absolute Gasteiger partial charge is 0.362 e. The van der Waals surface area contributed by atoms with Gasteiger partial charge in [-0.2, -0.15) is 0 Å². The van der Waals surface area contributed by atoms with E-state index in [1.54, 1.807) is 11.3 Å². The number of fused-ring (bicyclic) bond motifs is 1. The van der Waals surface area contributed by atoms with Gasteiger partial charge in [-0.05, 0) is 31.5 Å². The molecule has 0 spiro atoms. The van der Waals surface area contributed by atoms with E-state index in [1.165, 1.54) is 10.3 Å². The lowest BCUT2D eigenvalue weighted by atomic mass is 10.2. The first-order valence-electron chi connectivity index (χ1n) is 4.40. The fourth-order valence-electron chi connectivity index (χ4n) is 1.26. The topological polar surface area (TPSA) is 24.9 Å². The molecule has 1 aromatic heterocycles. The second kappa shape index (κ2) is 3.34. The molecule has 0 atom stereocenters. The van der Waals surface area contributed by atoms with Crippen LogP contribution in [-0.2, 0) is 0 Å². The molecule has 68 valence electrons. The van der Waals surface area contributed by atoms with Crippen molar-refractivity contribution in [1.82, 2.24) is 4.98 Å². The van der Waals surface area contributed by atoms with E-state index in [0.717, 1.165) is 17.2 Å². The Labute approximate surface area is 81.6 Å². The van der Waals surface area contributed by atoms with Crippen molar-refractivity contribution in [1.29, 1.82) is 0 Å². The molecule has 0 saturated carbocycles. The second-order valence-corrected chi connectivity index (χ2v) is 4.05. The molecule has 1 N–H and O–H groups in total. The van der Waals surface area contributed by atoms with E-state index in [2.05, 4.69) is 42.3 Å². The van der Waals surface area contributed by atoms with Gasteiger partial charge in [0.15, 0.2) is 5.13 Å². The highest BCUT2D eigenvalue weighted by atomic mass is 32.1. The maximum atomic E-state index is 4.47. The lowest BCUT2D eigenvalue weighted by Crippen LogP contribution is -1.94. The van der Waals surface area contributed by atoms with Gasteiger partial charge in [0.05, 0.1) is 10.2 Å². The number of nitrogens with one attached hydrogen (secondary N) is 1. The standard InChI is InChI=1S/C10H12N2S/c1-3-11-10-12-8-6-7(2)4-5-9(8)13-10/h4-6H,3H2,1-2H3,(H,11,12). The summed E-state index contributed by atoms with van der Waals surface area (Å²) in [5.74, 6) is 0. The number of thiazole rings is 1. The third-order valence-electron chi connectivity index (χ3n) is 1.87. The highest BCUT2D eigenvalue weighted by molar-refractivity contribution is 7.22. The number of hydrogen-bond acceptors (Lipinski definition) is 3. The van der Waals surface area contributed by atoms with Crippen molar-refractivity contribution in [3.63, 3.8) is 0 Å². The molecule has 0 fully saturated rings. The third-order valence-corrected chi connectivity index (χ3v) is 2.87. The van der Waals surface area contributed by atoms with Gasteiger partial charge in [0.1, 0.15) is 0 Å². The minimum Gasteiger partial charge on any atom is -0.362 e. The van der Waals surface area contributed by atoms with Gasteiger partial charge >= 0.3 is 0 Å². The smallest absolute Gasteiger partial charge is 0.183 e. The summed E-state index contributed by atoms with van der Waals surface area (Å²) in [4.78, 5) is 4.47. The second-order valence-electron chi connectivity index (χ2n) is 3.02. The summed E-state index contributed by atoms with van der Waals surface area (Å²) in [6.07, 6.45) is 0. The Kier molecular flexibility index (Phi) is 2.19. The number of rotatable bonds is 2. The summed E-state index contributed by atoms with van der Waals surface area (Å²) < 4.78 is 1.25. The molecule has 0 amide bonds. The van der Waals surface area contributed by atoms with E-state index in [4.69, 9.17) is 0 Å². The van der Waals surface area contributed by atoms with Crippen molar-refractivity contribution < 1.29 is 0 Å². The Morgan fingerprint density at radius 3 is 3.08 bits per heavy atom. The monoisotopic (exact) mass is 192 g/mol. The number of anilines is 1. The Morgan fingerprint density at radius 2 is 2.31 bits per heavy atom. The maximum absolute atomic E-state index is 4.47. The molecule has 13 heavy (non-hydrogen) atoms. The fourth-order valence-corrected chi connectivity index (χ4v) is 2.18. The molecule has 0 aliphatic heterocycles. The van der Waals surface area contributed by atoms with Gasteiger partial charge in [-0.15, -0.1) is 0 Å². The molecule has 0 aliphatic carbocycles. The van der Waals surface area contributed by atoms with Crippen molar-refractivity contribution in [3.05, 3.63) is 23.8 Å². The first-order valence-corrected chi connectivity index (χ1v) is 5.22. The van der Waals surface area contributed by atoms with Crippen molar-refractivity contribution in [2.24, 2.45) is 0 Å². The average molecular weight is 192 g/mol. The summed E-state index contributed by atoms with van der Waals surface area (Å²) in [5, 5.41) is 4.24. The molecule has 3 heteroatoms. The highest BCUT2D eigenvalue weighted by Gasteiger charge is 2.01. The number of nitrogens with zero attached hydrogens (tertiary/aromatic N) is 1. The van der Waals surface area contributed by atoms with Gasteiger partial charge < -0.3 is 5.32 Å². The van der Waals surface area contributed by atoms with Crippen LogP contribution in [0.25, 0.3) is 10.2 Å². The molecule has 1 heterocycles. The lowest BCUT2D eigenvalue weighted by molar-refractivity contribution is 1.20. The zero-order chi connectivity index (χ0) is 9.26.